The largest absolute Gasteiger partial charge is 0.376 e. The summed E-state index contributed by atoms with van der Waals surface area (Å²) in [4.78, 5) is 20.2. The SMILES string of the molecule is CCC(C)Nc1cnc(C(=O)NCC2CCCO2)cn1. The fraction of sp³-hybridized carbons (Fsp3) is 0.643. The second-order valence-electron chi connectivity index (χ2n) is 5.09. The zero-order chi connectivity index (χ0) is 14.4. The van der Waals surface area contributed by atoms with Crippen LogP contribution in [0.2, 0.25) is 0 Å². The number of anilines is 1. The van der Waals surface area contributed by atoms with Gasteiger partial charge in [-0.3, -0.25) is 4.79 Å². The van der Waals surface area contributed by atoms with E-state index in [-0.39, 0.29) is 12.0 Å². The number of hydrogen-bond donors (Lipinski definition) is 2. The first-order chi connectivity index (χ1) is 9.69. The van der Waals surface area contributed by atoms with Gasteiger partial charge in [0.15, 0.2) is 0 Å². The van der Waals surface area contributed by atoms with Crippen molar-refractivity contribution in [3.63, 3.8) is 0 Å². The molecule has 6 nitrogen and oxygen atoms in total. The van der Waals surface area contributed by atoms with Crippen molar-refractivity contribution in [3.05, 3.63) is 18.1 Å². The van der Waals surface area contributed by atoms with Crippen molar-refractivity contribution in [1.82, 2.24) is 15.3 Å². The average molecular weight is 278 g/mol. The Kier molecular flexibility index (Phi) is 5.29. The van der Waals surface area contributed by atoms with Gasteiger partial charge in [0.25, 0.3) is 5.91 Å². The number of nitrogens with zero attached hydrogens (tertiary/aromatic N) is 2. The highest BCUT2D eigenvalue weighted by Gasteiger charge is 2.17. The van der Waals surface area contributed by atoms with Crippen molar-refractivity contribution < 1.29 is 9.53 Å². The van der Waals surface area contributed by atoms with Crippen molar-refractivity contribution in [3.8, 4) is 0 Å². The van der Waals surface area contributed by atoms with Crippen LogP contribution in [0.25, 0.3) is 0 Å². The van der Waals surface area contributed by atoms with Crippen LogP contribution in [0.3, 0.4) is 0 Å². The number of rotatable bonds is 6. The van der Waals surface area contributed by atoms with Crippen LogP contribution in [0.5, 0.6) is 0 Å². The normalized spacial score (nSPS) is 19.6. The zero-order valence-corrected chi connectivity index (χ0v) is 12.1. The fourth-order valence-electron chi connectivity index (χ4n) is 1.98. The van der Waals surface area contributed by atoms with E-state index in [1.807, 2.05) is 0 Å². The van der Waals surface area contributed by atoms with Crippen LogP contribution >= 0.6 is 0 Å². The van der Waals surface area contributed by atoms with Gasteiger partial charge in [0, 0.05) is 19.2 Å². The quantitative estimate of drug-likeness (QED) is 0.826. The molecule has 2 N–H and O–H groups in total. The Hall–Kier alpha value is -1.69. The summed E-state index contributed by atoms with van der Waals surface area (Å²) in [7, 11) is 0. The minimum atomic E-state index is -0.205. The molecule has 0 aliphatic carbocycles. The van der Waals surface area contributed by atoms with Crippen LogP contribution in [0.15, 0.2) is 12.4 Å². The molecule has 1 fully saturated rings. The molecule has 2 atom stereocenters. The van der Waals surface area contributed by atoms with Crippen molar-refractivity contribution >= 4 is 11.7 Å². The molecule has 0 aromatic carbocycles. The Labute approximate surface area is 119 Å². The molecule has 1 amide bonds. The van der Waals surface area contributed by atoms with Gasteiger partial charge in [0.1, 0.15) is 11.5 Å². The van der Waals surface area contributed by atoms with Crippen LogP contribution in [0.4, 0.5) is 5.82 Å². The minimum Gasteiger partial charge on any atom is -0.376 e. The lowest BCUT2D eigenvalue weighted by atomic mass is 10.2. The summed E-state index contributed by atoms with van der Waals surface area (Å²) in [6.45, 7) is 5.49. The van der Waals surface area contributed by atoms with Gasteiger partial charge in [-0.1, -0.05) is 6.92 Å². The van der Waals surface area contributed by atoms with Gasteiger partial charge in [-0.2, -0.15) is 0 Å². The predicted octanol–water partition coefficient (Wildman–Crippen LogP) is 1.60. The molecule has 110 valence electrons. The molecular weight excluding hydrogens is 256 g/mol. The highest BCUT2D eigenvalue weighted by molar-refractivity contribution is 5.92. The van der Waals surface area contributed by atoms with E-state index in [0.717, 1.165) is 25.9 Å². The lowest BCUT2D eigenvalue weighted by Crippen LogP contribution is -2.32. The van der Waals surface area contributed by atoms with E-state index in [2.05, 4.69) is 34.4 Å². The van der Waals surface area contributed by atoms with Gasteiger partial charge in [-0.15, -0.1) is 0 Å². The third-order valence-corrected chi connectivity index (χ3v) is 3.41. The molecule has 2 rings (SSSR count). The van der Waals surface area contributed by atoms with E-state index in [1.54, 1.807) is 6.20 Å². The van der Waals surface area contributed by atoms with Crippen LogP contribution < -0.4 is 10.6 Å². The Morgan fingerprint density at radius 1 is 1.50 bits per heavy atom. The Bertz CT molecular complexity index is 429. The summed E-state index contributed by atoms with van der Waals surface area (Å²) in [5, 5.41) is 6.03. The minimum absolute atomic E-state index is 0.137. The Balaban J connectivity index is 1.83. The van der Waals surface area contributed by atoms with E-state index < -0.39 is 0 Å². The number of carbonyl (C=O) groups is 1. The molecule has 0 bridgehead atoms. The van der Waals surface area contributed by atoms with Gasteiger partial charge in [0.05, 0.1) is 18.5 Å². The van der Waals surface area contributed by atoms with Crippen molar-refractivity contribution in [2.45, 2.75) is 45.3 Å². The summed E-state index contributed by atoms with van der Waals surface area (Å²) in [5.41, 5.74) is 0.331. The molecule has 1 aliphatic rings. The van der Waals surface area contributed by atoms with Gasteiger partial charge in [-0.05, 0) is 26.2 Å². The number of nitrogens with one attached hydrogen (secondary N) is 2. The third kappa shape index (κ3) is 4.16. The number of amides is 1. The van der Waals surface area contributed by atoms with Gasteiger partial charge in [0.2, 0.25) is 0 Å². The maximum Gasteiger partial charge on any atom is 0.271 e. The summed E-state index contributed by atoms with van der Waals surface area (Å²) in [6, 6.07) is 0.337. The molecule has 1 aliphatic heterocycles. The first-order valence-corrected chi connectivity index (χ1v) is 7.17. The second kappa shape index (κ2) is 7.19. The number of hydrogen-bond acceptors (Lipinski definition) is 5. The number of ether oxygens (including phenoxy) is 1. The van der Waals surface area contributed by atoms with E-state index in [4.69, 9.17) is 4.74 Å². The van der Waals surface area contributed by atoms with E-state index in [0.29, 0.717) is 24.1 Å². The van der Waals surface area contributed by atoms with Crippen molar-refractivity contribution in [2.75, 3.05) is 18.5 Å². The molecule has 2 unspecified atom stereocenters. The monoisotopic (exact) mass is 278 g/mol. The summed E-state index contributed by atoms with van der Waals surface area (Å²) in [5.74, 6) is 0.484. The van der Waals surface area contributed by atoms with Crippen molar-refractivity contribution in [2.24, 2.45) is 0 Å². The van der Waals surface area contributed by atoms with E-state index >= 15 is 0 Å². The maximum atomic E-state index is 11.9. The Morgan fingerprint density at radius 3 is 2.95 bits per heavy atom. The lowest BCUT2D eigenvalue weighted by molar-refractivity contribution is 0.0853. The smallest absolute Gasteiger partial charge is 0.271 e. The van der Waals surface area contributed by atoms with E-state index in [1.165, 1.54) is 6.20 Å². The second-order valence-corrected chi connectivity index (χ2v) is 5.09. The molecule has 1 aromatic heterocycles. The molecule has 1 saturated heterocycles. The molecule has 0 radical (unpaired) electrons. The highest BCUT2D eigenvalue weighted by atomic mass is 16.5. The van der Waals surface area contributed by atoms with Gasteiger partial charge < -0.3 is 15.4 Å². The topological polar surface area (TPSA) is 76.1 Å². The molecule has 1 aromatic rings. The molecule has 6 heteroatoms. The van der Waals surface area contributed by atoms with Crippen LogP contribution in [0.1, 0.15) is 43.6 Å². The molecule has 20 heavy (non-hydrogen) atoms. The fourth-order valence-corrected chi connectivity index (χ4v) is 1.98. The number of carbonyl (C=O) groups excluding carboxylic acids is 1. The molecule has 0 saturated carbocycles. The summed E-state index contributed by atoms with van der Waals surface area (Å²) < 4.78 is 5.45. The van der Waals surface area contributed by atoms with Crippen molar-refractivity contribution in [1.29, 1.82) is 0 Å². The zero-order valence-electron chi connectivity index (χ0n) is 12.1. The highest BCUT2D eigenvalue weighted by Crippen LogP contribution is 2.11. The van der Waals surface area contributed by atoms with Gasteiger partial charge >= 0.3 is 0 Å². The average Bonchev–Trinajstić information content (AvgIpc) is 2.98. The van der Waals surface area contributed by atoms with Crippen LogP contribution in [0, 0.1) is 0 Å². The van der Waals surface area contributed by atoms with Gasteiger partial charge in [-0.25, -0.2) is 9.97 Å². The first kappa shape index (κ1) is 14.7. The lowest BCUT2D eigenvalue weighted by Gasteiger charge is -2.12. The first-order valence-electron chi connectivity index (χ1n) is 7.17. The Morgan fingerprint density at radius 2 is 2.35 bits per heavy atom. The molecule has 2 heterocycles. The summed E-state index contributed by atoms with van der Waals surface area (Å²) >= 11 is 0. The van der Waals surface area contributed by atoms with Crippen LogP contribution in [-0.4, -0.2) is 41.2 Å². The maximum absolute atomic E-state index is 11.9. The predicted molar refractivity (Wildman–Crippen MR) is 76.7 cm³/mol. The van der Waals surface area contributed by atoms with E-state index in [9.17, 15) is 4.79 Å². The molecular formula is C14H22N4O2. The summed E-state index contributed by atoms with van der Waals surface area (Å²) in [6.07, 6.45) is 6.30. The van der Waals surface area contributed by atoms with Crippen LogP contribution in [-0.2, 0) is 4.74 Å². The standard InChI is InChI=1S/C14H22N4O2/c1-3-10(2)18-13-9-15-12(8-16-13)14(19)17-7-11-5-4-6-20-11/h8-11H,3-7H2,1-2H3,(H,16,18)(H,17,19). The third-order valence-electron chi connectivity index (χ3n) is 3.41. The molecule has 0 spiro atoms. The number of aromatic nitrogens is 2.